The van der Waals surface area contributed by atoms with Gasteiger partial charge in [-0.25, -0.2) is 0 Å². The molecule has 0 aromatic heterocycles. The summed E-state index contributed by atoms with van der Waals surface area (Å²) < 4.78 is 0. The van der Waals surface area contributed by atoms with Gasteiger partial charge in [0.2, 0.25) is 5.91 Å². The number of carbonyl (C=O) groups excluding carboxylic acids is 1. The predicted octanol–water partition coefficient (Wildman–Crippen LogP) is 4.62. The van der Waals surface area contributed by atoms with Crippen LogP contribution in [0.5, 0.6) is 0 Å². The molecule has 29 heavy (non-hydrogen) atoms. The van der Waals surface area contributed by atoms with E-state index in [-0.39, 0.29) is 18.3 Å². The van der Waals surface area contributed by atoms with Crippen molar-refractivity contribution in [2.75, 3.05) is 38.6 Å². The standard InChI is InChI=1S/C23H28ClN3O.ClH/c1-26(2)23(28)9-5-14-25-15-6-16-27-21-8-4-3-7-18(21)10-11-19-12-13-20(24)17-22(19)27;/h3-5,7-9,12-13,17,25H,6,10-11,14-16H2,1-2H3;1H/b9-5+;. The number of nitrogens with one attached hydrogen (secondary N) is 1. The van der Waals surface area contributed by atoms with E-state index in [1.807, 2.05) is 12.1 Å². The van der Waals surface area contributed by atoms with Gasteiger partial charge in [-0.05, 0) is 55.1 Å². The van der Waals surface area contributed by atoms with Crippen LogP contribution in [0.4, 0.5) is 11.4 Å². The fraction of sp³-hybridized carbons (Fsp3) is 0.348. The second kappa shape index (κ2) is 11.2. The van der Waals surface area contributed by atoms with Crippen molar-refractivity contribution in [1.29, 1.82) is 0 Å². The summed E-state index contributed by atoms with van der Waals surface area (Å²) in [5.74, 6) is 0.0106. The highest BCUT2D eigenvalue weighted by Crippen LogP contribution is 2.37. The predicted molar refractivity (Wildman–Crippen MR) is 125 cm³/mol. The molecule has 1 aliphatic heterocycles. The molecule has 0 radical (unpaired) electrons. The van der Waals surface area contributed by atoms with Crippen LogP contribution in [0.15, 0.2) is 54.6 Å². The first-order valence-corrected chi connectivity index (χ1v) is 10.2. The highest BCUT2D eigenvalue weighted by molar-refractivity contribution is 6.30. The van der Waals surface area contributed by atoms with Crippen LogP contribution in [0.2, 0.25) is 5.02 Å². The van der Waals surface area contributed by atoms with Gasteiger partial charge in [0, 0.05) is 49.7 Å². The number of rotatable bonds is 7. The second-order valence-corrected chi connectivity index (χ2v) is 7.68. The number of hydrogen-bond donors (Lipinski definition) is 1. The first kappa shape index (κ1) is 23.3. The van der Waals surface area contributed by atoms with Gasteiger partial charge < -0.3 is 15.1 Å². The number of amides is 1. The quantitative estimate of drug-likeness (QED) is 0.510. The van der Waals surface area contributed by atoms with Crippen molar-refractivity contribution in [3.63, 3.8) is 0 Å². The summed E-state index contributed by atoms with van der Waals surface area (Å²) in [5, 5.41) is 4.16. The van der Waals surface area contributed by atoms with Crippen LogP contribution < -0.4 is 10.2 Å². The van der Waals surface area contributed by atoms with Gasteiger partial charge in [-0.15, -0.1) is 12.4 Å². The van der Waals surface area contributed by atoms with Gasteiger partial charge in [0.05, 0.1) is 0 Å². The molecule has 0 aliphatic carbocycles. The monoisotopic (exact) mass is 433 g/mol. The number of carbonyl (C=O) groups is 1. The van der Waals surface area contributed by atoms with E-state index in [4.69, 9.17) is 11.6 Å². The van der Waals surface area contributed by atoms with Gasteiger partial charge in [-0.2, -0.15) is 0 Å². The van der Waals surface area contributed by atoms with Crippen molar-refractivity contribution >= 4 is 41.3 Å². The number of halogens is 2. The summed E-state index contributed by atoms with van der Waals surface area (Å²) in [6, 6.07) is 14.9. The van der Waals surface area contributed by atoms with Crippen molar-refractivity contribution in [2.24, 2.45) is 0 Å². The van der Waals surface area contributed by atoms with E-state index in [1.165, 1.54) is 22.5 Å². The van der Waals surface area contributed by atoms with Crippen LogP contribution in [0.25, 0.3) is 0 Å². The maximum atomic E-state index is 11.5. The Balaban J connectivity index is 0.00000300. The smallest absolute Gasteiger partial charge is 0.245 e. The van der Waals surface area contributed by atoms with E-state index in [0.29, 0.717) is 6.54 Å². The molecule has 2 aromatic carbocycles. The van der Waals surface area contributed by atoms with Crippen molar-refractivity contribution in [1.82, 2.24) is 10.2 Å². The Morgan fingerprint density at radius 2 is 1.86 bits per heavy atom. The third-order valence-electron chi connectivity index (χ3n) is 4.98. The third kappa shape index (κ3) is 6.23. The first-order valence-electron chi connectivity index (χ1n) is 9.78. The third-order valence-corrected chi connectivity index (χ3v) is 5.22. The van der Waals surface area contributed by atoms with Gasteiger partial charge in [0.1, 0.15) is 0 Å². The fourth-order valence-corrected chi connectivity index (χ4v) is 3.65. The van der Waals surface area contributed by atoms with Crippen molar-refractivity contribution in [3.05, 3.63) is 70.8 Å². The molecule has 1 N–H and O–H groups in total. The molecule has 2 aromatic rings. The Labute approximate surface area is 184 Å². The largest absolute Gasteiger partial charge is 0.345 e. The molecule has 0 fully saturated rings. The highest BCUT2D eigenvalue weighted by Gasteiger charge is 2.20. The molecule has 1 amide bonds. The van der Waals surface area contributed by atoms with E-state index in [9.17, 15) is 4.79 Å². The van der Waals surface area contributed by atoms with Crippen LogP contribution in [0.3, 0.4) is 0 Å². The number of benzene rings is 2. The van der Waals surface area contributed by atoms with Gasteiger partial charge in [-0.3, -0.25) is 4.79 Å². The number of likely N-dealkylation sites (N-methyl/N-ethyl adjacent to an activating group) is 1. The second-order valence-electron chi connectivity index (χ2n) is 7.25. The van der Waals surface area contributed by atoms with E-state index in [1.54, 1.807) is 25.1 Å². The van der Waals surface area contributed by atoms with Gasteiger partial charge in [0.15, 0.2) is 0 Å². The number of aryl methyl sites for hydroxylation is 2. The normalized spacial score (nSPS) is 12.7. The lowest BCUT2D eigenvalue weighted by molar-refractivity contribution is -0.123. The number of para-hydroxylation sites is 1. The lowest BCUT2D eigenvalue weighted by Gasteiger charge is -2.27. The molecular weight excluding hydrogens is 405 g/mol. The summed E-state index contributed by atoms with van der Waals surface area (Å²) in [5.41, 5.74) is 5.22. The molecule has 1 heterocycles. The summed E-state index contributed by atoms with van der Waals surface area (Å²) in [6.45, 7) is 2.49. The number of fused-ring (bicyclic) bond motifs is 2. The average molecular weight is 434 g/mol. The molecule has 4 nitrogen and oxygen atoms in total. The van der Waals surface area contributed by atoms with Crippen LogP contribution in [0, 0.1) is 0 Å². The topological polar surface area (TPSA) is 35.6 Å². The summed E-state index contributed by atoms with van der Waals surface area (Å²) in [6.07, 6.45) is 6.55. The molecule has 0 unspecified atom stereocenters. The summed E-state index contributed by atoms with van der Waals surface area (Å²) in [4.78, 5) is 15.5. The number of nitrogens with zero attached hydrogens (tertiary/aromatic N) is 2. The molecule has 156 valence electrons. The minimum atomic E-state index is 0. The lowest BCUT2D eigenvalue weighted by Crippen LogP contribution is -2.25. The van der Waals surface area contributed by atoms with Crippen LogP contribution in [0.1, 0.15) is 17.5 Å². The summed E-state index contributed by atoms with van der Waals surface area (Å²) >= 11 is 6.31. The molecule has 0 bridgehead atoms. The zero-order valence-corrected chi connectivity index (χ0v) is 18.6. The van der Waals surface area contributed by atoms with E-state index < -0.39 is 0 Å². The van der Waals surface area contributed by atoms with Crippen LogP contribution in [-0.2, 0) is 17.6 Å². The Kier molecular flexibility index (Phi) is 9.02. The SMILES string of the molecule is CN(C)C(=O)/C=C/CNCCCN1c2ccccc2CCc2ccc(Cl)cc21.Cl. The van der Waals surface area contributed by atoms with E-state index in [0.717, 1.165) is 37.4 Å². The zero-order valence-electron chi connectivity index (χ0n) is 17.0. The van der Waals surface area contributed by atoms with E-state index >= 15 is 0 Å². The lowest BCUT2D eigenvalue weighted by atomic mass is 10.0. The minimum Gasteiger partial charge on any atom is -0.345 e. The van der Waals surface area contributed by atoms with Gasteiger partial charge in [-0.1, -0.05) is 41.9 Å². The molecule has 1 aliphatic rings. The Bertz CT molecular complexity index is 852. The molecule has 0 atom stereocenters. The zero-order chi connectivity index (χ0) is 19.9. The maximum absolute atomic E-state index is 11.5. The van der Waals surface area contributed by atoms with Crippen molar-refractivity contribution in [3.8, 4) is 0 Å². The molecule has 3 rings (SSSR count). The van der Waals surface area contributed by atoms with Gasteiger partial charge in [0.25, 0.3) is 0 Å². The molecule has 0 spiro atoms. The molecule has 6 heteroatoms. The first-order chi connectivity index (χ1) is 13.6. The minimum absolute atomic E-state index is 0. The Hall–Kier alpha value is -2.01. The average Bonchev–Trinajstić information content (AvgIpc) is 2.84. The summed E-state index contributed by atoms with van der Waals surface area (Å²) in [7, 11) is 3.51. The maximum Gasteiger partial charge on any atom is 0.245 e. The molecule has 0 saturated carbocycles. The van der Waals surface area contributed by atoms with Crippen molar-refractivity contribution < 1.29 is 4.79 Å². The van der Waals surface area contributed by atoms with Gasteiger partial charge >= 0.3 is 0 Å². The van der Waals surface area contributed by atoms with Crippen LogP contribution >= 0.6 is 24.0 Å². The van der Waals surface area contributed by atoms with Crippen LogP contribution in [-0.4, -0.2) is 44.5 Å². The Morgan fingerprint density at radius 1 is 1.14 bits per heavy atom. The van der Waals surface area contributed by atoms with E-state index in [2.05, 4.69) is 46.6 Å². The number of hydrogen-bond acceptors (Lipinski definition) is 3. The molecule has 0 saturated heterocycles. The number of anilines is 2. The highest BCUT2D eigenvalue weighted by atomic mass is 35.5. The Morgan fingerprint density at radius 3 is 2.62 bits per heavy atom. The van der Waals surface area contributed by atoms with Crippen molar-refractivity contribution in [2.45, 2.75) is 19.3 Å². The fourth-order valence-electron chi connectivity index (χ4n) is 3.48. The molecular formula is C23H29Cl2N3O.